The van der Waals surface area contributed by atoms with E-state index >= 15 is 0 Å². The van der Waals surface area contributed by atoms with Gasteiger partial charge in [-0.25, -0.2) is 0 Å². The van der Waals surface area contributed by atoms with Crippen LogP contribution in [0.3, 0.4) is 0 Å². The highest BCUT2D eigenvalue weighted by Crippen LogP contribution is 2.12. The summed E-state index contributed by atoms with van der Waals surface area (Å²) < 4.78 is 10.3. The molecule has 104 valence electrons. The number of hydrogen-bond donors (Lipinski definition) is 0. The minimum atomic E-state index is -0.226. The number of ether oxygens (including phenoxy) is 2. The van der Waals surface area contributed by atoms with Crippen LogP contribution in [0, 0.1) is 6.92 Å². The van der Waals surface area contributed by atoms with Gasteiger partial charge in [-0.3, -0.25) is 4.79 Å². The lowest BCUT2D eigenvalue weighted by molar-refractivity contribution is -0.144. The number of esters is 1. The van der Waals surface area contributed by atoms with Gasteiger partial charge in [0.15, 0.2) is 0 Å². The van der Waals surface area contributed by atoms with Gasteiger partial charge >= 0.3 is 5.97 Å². The SMILES string of the molecule is COc1ccc(CC(=O)OCc2ccc(C)cc2)cc1. The fraction of sp³-hybridized carbons (Fsp3) is 0.235. The molecule has 0 fully saturated rings. The first-order valence-electron chi connectivity index (χ1n) is 6.51. The molecule has 0 aliphatic rings. The second kappa shape index (κ2) is 6.75. The smallest absolute Gasteiger partial charge is 0.310 e. The fourth-order valence-electron chi connectivity index (χ4n) is 1.81. The Morgan fingerprint density at radius 1 is 0.950 bits per heavy atom. The molecule has 0 aromatic heterocycles. The monoisotopic (exact) mass is 270 g/mol. The summed E-state index contributed by atoms with van der Waals surface area (Å²) in [5.41, 5.74) is 3.11. The van der Waals surface area contributed by atoms with Gasteiger partial charge in [0.2, 0.25) is 0 Å². The van der Waals surface area contributed by atoms with Crippen molar-refractivity contribution >= 4 is 5.97 Å². The minimum Gasteiger partial charge on any atom is -0.497 e. The molecule has 0 aliphatic heterocycles. The summed E-state index contributed by atoms with van der Waals surface area (Å²) in [5.74, 6) is 0.553. The van der Waals surface area contributed by atoms with Crippen molar-refractivity contribution in [2.45, 2.75) is 20.0 Å². The van der Waals surface area contributed by atoms with Crippen LogP contribution in [0.2, 0.25) is 0 Å². The molecule has 0 N–H and O–H groups in total. The van der Waals surface area contributed by atoms with Gasteiger partial charge in [0.25, 0.3) is 0 Å². The summed E-state index contributed by atoms with van der Waals surface area (Å²) >= 11 is 0. The molecular formula is C17H18O3. The van der Waals surface area contributed by atoms with E-state index in [2.05, 4.69) is 0 Å². The summed E-state index contributed by atoms with van der Waals surface area (Å²) in [5, 5.41) is 0. The van der Waals surface area contributed by atoms with Gasteiger partial charge in [-0.1, -0.05) is 42.0 Å². The summed E-state index contributed by atoms with van der Waals surface area (Å²) in [7, 11) is 1.62. The Balaban J connectivity index is 1.84. The van der Waals surface area contributed by atoms with Crippen LogP contribution in [0.1, 0.15) is 16.7 Å². The maximum absolute atomic E-state index is 11.8. The van der Waals surface area contributed by atoms with E-state index in [4.69, 9.17) is 9.47 Å². The van der Waals surface area contributed by atoms with Crippen molar-refractivity contribution in [3.8, 4) is 5.75 Å². The first kappa shape index (κ1) is 14.1. The Morgan fingerprint density at radius 3 is 2.15 bits per heavy atom. The van der Waals surface area contributed by atoms with Crippen molar-refractivity contribution < 1.29 is 14.3 Å². The predicted molar refractivity (Wildman–Crippen MR) is 77.7 cm³/mol. The lowest BCUT2D eigenvalue weighted by Gasteiger charge is -2.06. The molecule has 2 aromatic rings. The minimum absolute atomic E-state index is 0.226. The van der Waals surface area contributed by atoms with E-state index in [1.54, 1.807) is 7.11 Å². The Morgan fingerprint density at radius 2 is 1.55 bits per heavy atom. The molecule has 2 rings (SSSR count). The van der Waals surface area contributed by atoms with Crippen LogP contribution < -0.4 is 4.74 Å². The number of benzene rings is 2. The summed E-state index contributed by atoms with van der Waals surface area (Å²) in [6, 6.07) is 15.4. The van der Waals surface area contributed by atoms with Crippen LogP contribution in [0.15, 0.2) is 48.5 Å². The third-order valence-electron chi connectivity index (χ3n) is 3.03. The number of hydrogen-bond acceptors (Lipinski definition) is 3. The molecular weight excluding hydrogens is 252 g/mol. The zero-order chi connectivity index (χ0) is 14.4. The Hall–Kier alpha value is -2.29. The Bertz CT molecular complexity index is 556. The summed E-state index contributed by atoms with van der Waals surface area (Å²) in [4.78, 5) is 11.8. The molecule has 20 heavy (non-hydrogen) atoms. The highest BCUT2D eigenvalue weighted by Gasteiger charge is 2.05. The molecule has 0 unspecified atom stereocenters. The second-order valence-corrected chi connectivity index (χ2v) is 4.67. The third kappa shape index (κ3) is 4.12. The van der Waals surface area contributed by atoms with E-state index in [-0.39, 0.29) is 12.4 Å². The van der Waals surface area contributed by atoms with Gasteiger partial charge in [-0.15, -0.1) is 0 Å². The van der Waals surface area contributed by atoms with Crippen molar-refractivity contribution in [3.05, 3.63) is 65.2 Å². The molecule has 0 saturated heterocycles. The molecule has 0 radical (unpaired) electrons. The molecule has 3 nitrogen and oxygen atoms in total. The second-order valence-electron chi connectivity index (χ2n) is 4.67. The predicted octanol–water partition coefficient (Wildman–Crippen LogP) is 3.29. The van der Waals surface area contributed by atoms with Gasteiger partial charge in [-0.05, 0) is 30.2 Å². The first-order valence-corrected chi connectivity index (χ1v) is 6.51. The van der Waals surface area contributed by atoms with E-state index in [0.29, 0.717) is 6.61 Å². The van der Waals surface area contributed by atoms with Crippen LogP contribution in [0.4, 0.5) is 0 Å². The van der Waals surface area contributed by atoms with Crippen molar-refractivity contribution in [1.29, 1.82) is 0 Å². The highest BCUT2D eigenvalue weighted by atomic mass is 16.5. The first-order chi connectivity index (χ1) is 9.67. The van der Waals surface area contributed by atoms with Gasteiger partial charge < -0.3 is 9.47 Å². The highest BCUT2D eigenvalue weighted by molar-refractivity contribution is 5.72. The summed E-state index contributed by atoms with van der Waals surface area (Å²) in [6.45, 7) is 2.34. The molecule has 0 heterocycles. The van der Waals surface area contributed by atoms with E-state index in [1.165, 1.54) is 5.56 Å². The lowest BCUT2D eigenvalue weighted by Crippen LogP contribution is -2.08. The van der Waals surface area contributed by atoms with Crippen LogP contribution in [-0.2, 0) is 22.6 Å². The van der Waals surface area contributed by atoms with Gasteiger partial charge in [0, 0.05) is 0 Å². The fourth-order valence-corrected chi connectivity index (χ4v) is 1.81. The van der Waals surface area contributed by atoms with Crippen LogP contribution in [0.25, 0.3) is 0 Å². The largest absolute Gasteiger partial charge is 0.497 e. The van der Waals surface area contributed by atoms with Crippen molar-refractivity contribution in [1.82, 2.24) is 0 Å². The average Bonchev–Trinajstić information content (AvgIpc) is 2.47. The normalized spacial score (nSPS) is 10.1. The number of carbonyl (C=O) groups is 1. The molecule has 0 atom stereocenters. The lowest BCUT2D eigenvalue weighted by atomic mass is 10.1. The molecule has 0 saturated carbocycles. The standard InChI is InChI=1S/C17H18O3/c1-13-3-5-15(6-4-13)12-20-17(18)11-14-7-9-16(19-2)10-8-14/h3-10H,11-12H2,1-2H3. The van der Waals surface area contributed by atoms with E-state index < -0.39 is 0 Å². The number of carbonyl (C=O) groups excluding carboxylic acids is 1. The van der Waals surface area contributed by atoms with E-state index in [1.807, 2.05) is 55.5 Å². The maximum atomic E-state index is 11.8. The zero-order valence-corrected chi connectivity index (χ0v) is 11.8. The van der Waals surface area contributed by atoms with E-state index in [9.17, 15) is 4.79 Å². The quantitative estimate of drug-likeness (QED) is 0.782. The van der Waals surface area contributed by atoms with Crippen LogP contribution in [-0.4, -0.2) is 13.1 Å². The van der Waals surface area contributed by atoms with Gasteiger partial charge in [0.1, 0.15) is 12.4 Å². The van der Waals surface area contributed by atoms with Gasteiger partial charge in [-0.2, -0.15) is 0 Å². The van der Waals surface area contributed by atoms with Crippen molar-refractivity contribution in [2.24, 2.45) is 0 Å². The third-order valence-corrected chi connectivity index (χ3v) is 3.03. The molecule has 2 aromatic carbocycles. The average molecular weight is 270 g/mol. The maximum Gasteiger partial charge on any atom is 0.310 e. The number of rotatable bonds is 5. The van der Waals surface area contributed by atoms with Crippen LogP contribution in [0.5, 0.6) is 5.75 Å². The van der Waals surface area contributed by atoms with Gasteiger partial charge in [0.05, 0.1) is 13.5 Å². The van der Waals surface area contributed by atoms with E-state index in [0.717, 1.165) is 16.9 Å². The zero-order valence-electron chi connectivity index (χ0n) is 11.8. The topological polar surface area (TPSA) is 35.5 Å². The molecule has 0 bridgehead atoms. The van der Waals surface area contributed by atoms with Crippen molar-refractivity contribution in [3.63, 3.8) is 0 Å². The van der Waals surface area contributed by atoms with Crippen LogP contribution >= 0.6 is 0 Å². The molecule has 0 aliphatic carbocycles. The number of aryl methyl sites for hydroxylation is 1. The Labute approximate surface area is 119 Å². The van der Waals surface area contributed by atoms with Crippen molar-refractivity contribution in [2.75, 3.05) is 7.11 Å². The molecule has 3 heteroatoms. The molecule has 0 spiro atoms. The summed E-state index contributed by atoms with van der Waals surface area (Å²) in [6.07, 6.45) is 0.274. The molecule has 0 amide bonds. The number of methoxy groups -OCH3 is 1. The Kier molecular flexibility index (Phi) is 4.77.